The summed E-state index contributed by atoms with van der Waals surface area (Å²) < 4.78 is 30.6. The minimum Gasteiger partial charge on any atom is -0.493 e. The second-order valence-electron chi connectivity index (χ2n) is 5.57. The van der Waals surface area contributed by atoms with Gasteiger partial charge in [-0.15, -0.1) is 0 Å². The largest absolute Gasteiger partial charge is 0.493 e. The highest BCUT2D eigenvalue weighted by Crippen LogP contribution is 2.40. The van der Waals surface area contributed by atoms with Crippen LogP contribution in [0.5, 0.6) is 34.5 Å². The van der Waals surface area contributed by atoms with E-state index in [4.69, 9.17) is 28.4 Å². The molecule has 2 rings (SSSR count). The predicted molar refractivity (Wildman–Crippen MR) is 114 cm³/mol. The van der Waals surface area contributed by atoms with E-state index in [0.29, 0.717) is 51.9 Å². The van der Waals surface area contributed by atoms with Crippen molar-refractivity contribution in [3.8, 4) is 34.5 Å². The molecule has 0 radical (unpaired) electrons. The fourth-order valence-corrected chi connectivity index (χ4v) is 2.61. The summed E-state index contributed by atoms with van der Waals surface area (Å²) >= 11 is 0. The number of hydrogen-bond acceptors (Lipinski definition) is 9. The zero-order valence-corrected chi connectivity index (χ0v) is 18.2. The maximum absolute atomic E-state index is 10.7. The van der Waals surface area contributed by atoms with Crippen molar-refractivity contribution in [2.45, 2.75) is 0 Å². The zero-order chi connectivity index (χ0) is 23.4. The van der Waals surface area contributed by atoms with Crippen LogP contribution in [0.2, 0.25) is 0 Å². The van der Waals surface area contributed by atoms with Crippen LogP contribution in [-0.4, -0.2) is 53.9 Å². The van der Waals surface area contributed by atoms with E-state index >= 15 is 0 Å². The van der Waals surface area contributed by atoms with Crippen molar-refractivity contribution < 1.29 is 38.1 Å². The van der Waals surface area contributed by atoms with Crippen molar-refractivity contribution in [1.82, 2.24) is 0 Å². The minimum atomic E-state index is -0.545. The van der Waals surface area contributed by atoms with Gasteiger partial charge in [0.1, 0.15) is 0 Å². The highest BCUT2D eigenvalue weighted by atomic mass is 16.6. The summed E-state index contributed by atoms with van der Waals surface area (Å²) in [6.07, 6.45) is 2.88. The third-order valence-electron chi connectivity index (χ3n) is 3.97. The van der Waals surface area contributed by atoms with Gasteiger partial charge in [-0.1, -0.05) is 0 Å². The SMILES string of the molecule is COc1ccc(C=C[N+](=O)[O-])c(OC)c1OC.COc1ccc(C=O)c(OC)c1OC. The van der Waals surface area contributed by atoms with Crippen LogP contribution in [0.3, 0.4) is 0 Å². The molecule has 10 heteroatoms. The summed E-state index contributed by atoms with van der Waals surface area (Å²) in [5.41, 5.74) is 0.979. The smallest absolute Gasteiger partial charge is 0.235 e. The van der Waals surface area contributed by atoms with Crippen LogP contribution in [0, 0.1) is 10.1 Å². The van der Waals surface area contributed by atoms with Crippen molar-refractivity contribution in [3.05, 3.63) is 51.7 Å². The molecule has 0 saturated heterocycles. The zero-order valence-electron chi connectivity index (χ0n) is 18.2. The number of aldehydes is 1. The van der Waals surface area contributed by atoms with Crippen LogP contribution in [0.4, 0.5) is 0 Å². The fraction of sp³-hybridized carbons (Fsp3) is 0.286. The molecule has 0 aromatic heterocycles. The Bertz CT molecular complexity index is 926. The van der Waals surface area contributed by atoms with Crippen molar-refractivity contribution >= 4 is 12.4 Å². The Morgan fingerprint density at radius 3 is 1.45 bits per heavy atom. The summed E-state index contributed by atoms with van der Waals surface area (Å²) in [5.74, 6) is 2.66. The van der Waals surface area contributed by atoms with Gasteiger partial charge in [0, 0.05) is 11.6 Å². The van der Waals surface area contributed by atoms with Crippen LogP contribution in [-0.2, 0) is 0 Å². The molecular formula is C21H25NO9. The van der Waals surface area contributed by atoms with Gasteiger partial charge in [-0.2, -0.15) is 0 Å². The molecule has 31 heavy (non-hydrogen) atoms. The summed E-state index contributed by atoms with van der Waals surface area (Å²) in [5, 5.41) is 10.3. The summed E-state index contributed by atoms with van der Waals surface area (Å²) in [6.45, 7) is 0. The van der Waals surface area contributed by atoms with E-state index in [-0.39, 0.29) is 0 Å². The van der Waals surface area contributed by atoms with Crippen molar-refractivity contribution in [2.75, 3.05) is 42.7 Å². The van der Waals surface area contributed by atoms with E-state index in [2.05, 4.69) is 0 Å². The van der Waals surface area contributed by atoms with Crippen LogP contribution in [0.1, 0.15) is 15.9 Å². The van der Waals surface area contributed by atoms with Crippen molar-refractivity contribution in [1.29, 1.82) is 0 Å². The van der Waals surface area contributed by atoms with Gasteiger partial charge in [-0.05, 0) is 24.3 Å². The van der Waals surface area contributed by atoms with E-state index in [1.54, 1.807) is 24.3 Å². The number of methoxy groups -OCH3 is 6. The Morgan fingerprint density at radius 1 is 0.677 bits per heavy atom. The van der Waals surface area contributed by atoms with Gasteiger partial charge in [0.2, 0.25) is 17.7 Å². The third-order valence-corrected chi connectivity index (χ3v) is 3.97. The number of benzene rings is 2. The number of nitrogens with zero attached hydrogens (tertiary/aromatic N) is 1. The van der Waals surface area contributed by atoms with Crippen LogP contribution in [0.25, 0.3) is 6.08 Å². The lowest BCUT2D eigenvalue weighted by Gasteiger charge is -2.13. The molecule has 0 atom stereocenters. The standard InChI is InChI=1S/C11H13NO5.C10H12O4/c1-15-9-5-4-8(6-7-12(13)14)10(16-2)11(9)17-3;1-12-8-5-4-7(6-11)9(13-2)10(8)14-3/h4-7H,1-3H3;4-6H,1-3H3. The molecule has 0 aliphatic heterocycles. The average molecular weight is 435 g/mol. The second kappa shape index (κ2) is 12.6. The molecule has 10 nitrogen and oxygen atoms in total. The molecule has 0 aliphatic carbocycles. The monoisotopic (exact) mass is 435 g/mol. The van der Waals surface area contributed by atoms with Gasteiger partial charge < -0.3 is 28.4 Å². The van der Waals surface area contributed by atoms with Gasteiger partial charge in [-0.25, -0.2) is 0 Å². The Balaban J connectivity index is 0.000000316. The maximum Gasteiger partial charge on any atom is 0.235 e. The van der Waals surface area contributed by atoms with E-state index in [1.807, 2.05) is 0 Å². The van der Waals surface area contributed by atoms with Crippen molar-refractivity contribution in [3.63, 3.8) is 0 Å². The molecular weight excluding hydrogens is 410 g/mol. The highest BCUT2D eigenvalue weighted by Gasteiger charge is 2.15. The third kappa shape index (κ3) is 6.26. The Labute approximate surface area is 180 Å². The lowest BCUT2D eigenvalue weighted by atomic mass is 10.1. The molecule has 0 heterocycles. The van der Waals surface area contributed by atoms with Crippen LogP contribution >= 0.6 is 0 Å². The average Bonchev–Trinajstić information content (AvgIpc) is 2.80. The topological polar surface area (TPSA) is 116 Å². The van der Waals surface area contributed by atoms with Gasteiger partial charge in [0.25, 0.3) is 0 Å². The van der Waals surface area contributed by atoms with Gasteiger partial charge in [0.05, 0.1) is 53.1 Å². The molecule has 0 unspecified atom stereocenters. The Morgan fingerprint density at radius 2 is 1.10 bits per heavy atom. The number of carbonyl (C=O) groups excluding carboxylic acids is 1. The maximum atomic E-state index is 10.7. The van der Waals surface area contributed by atoms with Gasteiger partial charge in [-0.3, -0.25) is 14.9 Å². The van der Waals surface area contributed by atoms with Gasteiger partial charge >= 0.3 is 0 Å². The predicted octanol–water partition coefficient (Wildman–Crippen LogP) is 3.48. The molecule has 0 aliphatic rings. The molecule has 0 bridgehead atoms. The summed E-state index contributed by atoms with van der Waals surface area (Å²) in [7, 11) is 8.93. The van der Waals surface area contributed by atoms with Crippen LogP contribution < -0.4 is 28.4 Å². The Kier molecular flexibility index (Phi) is 10.2. The second-order valence-corrected chi connectivity index (χ2v) is 5.57. The molecule has 2 aromatic rings. The van der Waals surface area contributed by atoms with E-state index in [0.717, 1.165) is 6.20 Å². The quantitative estimate of drug-likeness (QED) is 0.331. The molecule has 0 amide bonds. The first-order chi connectivity index (χ1) is 14.9. The first-order valence-electron chi connectivity index (χ1n) is 8.77. The normalized spacial score (nSPS) is 9.87. The number of rotatable bonds is 9. The molecule has 0 saturated carbocycles. The Hall–Kier alpha value is -3.95. The van der Waals surface area contributed by atoms with Crippen LogP contribution in [0.15, 0.2) is 30.5 Å². The first-order valence-corrected chi connectivity index (χ1v) is 8.77. The first kappa shape index (κ1) is 25.1. The summed E-state index contributed by atoms with van der Waals surface area (Å²) in [6, 6.07) is 6.58. The fourth-order valence-electron chi connectivity index (χ4n) is 2.61. The number of nitro groups is 1. The van der Waals surface area contributed by atoms with E-state index < -0.39 is 4.92 Å². The molecule has 2 aromatic carbocycles. The highest BCUT2D eigenvalue weighted by molar-refractivity contribution is 5.82. The van der Waals surface area contributed by atoms with Crippen molar-refractivity contribution in [2.24, 2.45) is 0 Å². The lowest BCUT2D eigenvalue weighted by molar-refractivity contribution is -0.400. The number of hydrogen-bond donors (Lipinski definition) is 0. The lowest BCUT2D eigenvalue weighted by Crippen LogP contribution is -1.97. The molecule has 0 N–H and O–H groups in total. The molecule has 168 valence electrons. The minimum absolute atomic E-state index is 0.391. The molecule has 0 fully saturated rings. The molecule has 0 spiro atoms. The summed E-state index contributed by atoms with van der Waals surface area (Å²) in [4.78, 5) is 20.4. The van der Waals surface area contributed by atoms with E-state index in [9.17, 15) is 14.9 Å². The van der Waals surface area contributed by atoms with E-state index in [1.165, 1.54) is 48.7 Å². The van der Waals surface area contributed by atoms with Gasteiger partial charge in [0.15, 0.2) is 29.3 Å². The number of carbonyl (C=O) groups is 1. The number of ether oxygens (including phenoxy) is 6.